The first-order chi connectivity index (χ1) is 13.6. The summed E-state index contributed by atoms with van der Waals surface area (Å²) in [4.78, 5) is 12.7. The number of hydrogen-bond acceptors (Lipinski definition) is 5. The third-order valence-electron chi connectivity index (χ3n) is 5.11. The van der Waals surface area contributed by atoms with Crippen molar-refractivity contribution in [3.05, 3.63) is 65.2 Å². The van der Waals surface area contributed by atoms with E-state index in [9.17, 15) is 4.79 Å². The number of hydrogen-bond donors (Lipinski definition) is 1. The number of aryl methyl sites for hydroxylation is 2. The van der Waals surface area contributed by atoms with Crippen molar-refractivity contribution in [2.45, 2.75) is 49.6 Å². The molecular formula is C22H23N3O2S. The Morgan fingerprint density at radius 1 is 1.18 bits per heavy atom. The Hall–Kier alpha value is -2.60. The molecule has 144 valence electrons. The van der Waals surface area contributed by atoms with E-state index in [1.54, 1.807) is 0 Å². The first-order valence-corrected chi connectivity index (χ1v) is 10.4. The summed E-state index contributed by atoms with van der Waals surface area (Å²) in [6.45, 7) is 3.87. The number of aromatic nitrogens is 2. The maximum Gasteiger partial charge on any atom is 0.277 e. The van der Waals surface area contributed by atoms with Gasteiger partial charge >= 0.3 is 0 Å². The quantitative estimate of drug-likeness (QED) is 0.635. The van der Waals surface area contributed by atoms with Crippen LogP contribution in [0.15, 0.2) is 58.2 Å². The minimum absolute atomic E-state index is 0.0117. The van der Waals surface area contributed by atoms with Gasteiger partial charge in [-0.25, -0.2) is 0 Å². The van der Waals surface area contributed by atoms with Crippen molar-refractivity contribution in [1.29, 1.82) is 0 Å². The van der Waals surface area contributed by atoms with Crippen LogP contribution in [-0.4, -0.2) is 21.4 Å². The summed E-state index contributed by atoms with van der Waals surface area (Å²) in [5, 5.41) is 11.5. The number of nitrogens with one attached hydrogen (secondary N) is 1. The Morgan fingerprint density at radius 2 is 1.96 bits per heavy atom. The lowest BCUT2D eigenvalue weighted by Crippen LogP contribution is -2.35. The molecule has 0 saturated heterocycles. The molecule has 1 aliphatic carbocycles. The molecule has 2 aromatic carbocycles. The fourth-order valence-electron chi connectivity index (χ4n) is 3.58. The molecule has 0 fully saturated rings. The van der Waals surface area contributed by atoms with Crippen LogP contribution in [0.4, 0.5) is 0 Å². The average Bonchev–Trinajstić information content (AvgIpc) is 3.16. The van der Waals surface area contributed by atoms with Gasteiger partial charge in [0.2, 0.25) is 11.8 Å². The van der Waals surface area contributed by atoms with E-state index in [0.29, 0.717) is 11.1 Å². The predicted molar refractivity (Wildman–Crippen MR) is 110 cm³/mol. The Kier molecular flexibility index (Phi) is 5.48. The summed E-state index contributed by atoms with van der Waals surface area (Å²) in [5.41, 5.74) is 4.56. The van der Waals surface area contributed by atoms with Crippen LogP contribution in [0.1, 0.15) is 42.5 Å². The summed E-state index contributed by atoms with van der Waals surface area (Å²) < 4.78 is 5.78. The molecule has 3 aromatic rings. The van der Waals surface area contributed by atoms with Crippen molar-refractivity contribution >= 4 is 17.7 Å². The number of benzene rings is 2. The number of fused-ring (bicyclic) bond motifs is 1. The molecule has 1 amide bonds. The number of thioether (sulfide) groups is 1. The number of amides is 1. The topological polar surface area (TPSA) is 68.0 Å². The van der Waals surface area contributed by atoms with Crippen LogP contribution < -0.4 is 5.32 Å². The fraction of sp³-hybridized carbons (Fsp3) is 0.318. The van der Waals surface area contributed by atoms with Gasteiger partial charge in [0.25, 0.3) is 5.22 Å². The maximum absolute atomic E-state index is 12.7. The average molecular weight is 394 g/mol. The van der Waals surface area contributed by atoms with Crippen LogP contribution in [0.3, 0.4) is 0 Å². The lowest BCUT2D eigenvalue weighted by Gasteiger charge is -2.27. The molecule has 4 rings (SSSR count). The van der Waals surface area contributed by atoms with Gasteiger partial charge in [-0.2, -0.15) is 0 Å². The van der Waals surface area contributed by atoms with E-state index in [4.69, 9.17) is 4.42 Å². The van der Waals surface area contributed by atoms with Crippen LogP contribution >= 0.6 is 11.8 Å². The van der Waals surface area contributed by atoms with Gasteiger partial charge in [-0.3, -0.25) is 4.79 Å². The summed E-state index contributed by atoms with van der Waals surface area (Å²) in [7, 11) is 0. The fourth-order valence-corrected chi connectivity index (χ4v) is 4.27. The van der Waals surface area contributed by atoms with Gasteiger partial charge in [0.05, 0.1) is 11.3 Å². The van der Waals surface area contributed by atoms with Gasteiger partial charge < -0.3 is 9.73 Å². The predicted octanol–water partition coefficient (Wildman–Crippen LogP) is 4.72. The van der Waals surface area contributed by atoms with Gasteiger partial charge in [0, 0.05) is 5.56 Å². The Labute approximate surface area is 168 Å². The van der Waals surface area contributed by atoms with Crippen LogP contribution in [-0.2, 0) is 11.2 Å². The van der Waals surface area contributed by atoms with Gasteiger partial charge in [-0.05, 0) is 55.9 Å². The van der Waals surface area contributed by atoms with E-state index in [0.717, 1.165) is 30.4 Å². The molecule has 1 aliphatic rings. The summed E-state index contributed by atoms with van der Waals surface area (Å²) in [6.07, 6.45) is 3.14. The molecule has 28 heavy (non-hydrogen) atoms. The minimum atomic E-state index is -0.320. The highest BCUT2D eigenvalue weighted by Gasteiger charge is 2.25. The normalized spacial score (nSPS) is 17.0. The highest BCUT2D eigenvalue weighted by molar-refractivity contribution is 8.00. The third kappa shape index (κ3) is 3.97. The van der Waals surface area contributed by atoms with Crippen molar-refractivity contribution in [3.8, 4) is 11.5 Å². The molecular weight excluding hydrogens is 370 g/mol. The van der Waals surface area contributed by atoms with Gasteiger partial charge in [-0.1, -0.05) is 54.2 Å². The number of carbonyl (C=O) groups is 1. The van der Waals surface area contributed by atoms with E-state index in [1.165, 1.54) is 22.9 Å². The Balaban J connectivity index is 1.41. The standard InChI is InChI=1S/C22H23N3O2S/c1-14-8-3-5-11-17(14)21-24-25-22(27-21)28-15(2)20(26)23-19-13-7-10-16-9-4-6-12-18(16)19/h3-6,8-9,11-12,15,19H,7,10,13H2,1-2H3,(H,23,26)/t15-,19-/m1/s1. The van der Waals surface area contributed by atoms with Gasteiger partial charge in [0.1, 0.15) is 0 Å². The molecule has 0 bridgehead atoms. The second kappa shape index (κ2) is 8.19. The molecule has 1 heterocycles. The number of carbonyl (C=O) groups excluding carboxylic acids is 1. The molecule has 1 N–H and O–H groups in total. The molecule has 2 atom stereocenters. The molecule has 0 radical (unpaired) electrons. The van der Waals surface area contributed by atoms with Crippen LogP contribution in [0.2, 0.25) is 0 Å². The lowest BCUT2D eigenvalue weighted by atomic mass is 9.88. The largest absolute Gasteiger partial charge is 0.411 e. The monoisotopic (exact) mass is 393 g/mol. The van der Waals surface area contributed by atoms with Crippen molar-refractivity contribution in [2.24, 2.45) is 0 Å². The first-order valence-electron chi connectivity index (χ1n) is 9.56. The molecule has 0 aliphatic heterocycles. The highest BCUT2D eigenvalue weighted by Crippen LogP contribution is 2.31. The van der Waals surface area contributed by atoms with E-state index >= 15 is 0 Å². The van der Waals surface area contributed by atoms with E-state index < -0.39 is 0 Å². The molecule has 0 unspecified atom stereocenters. The zero-order chi connectivity index (χ0) is 19.5. The van der Waals surface area contributed by atoms with Crippen molar-refractivity contribution in [3.63, 3.8) is 0 Å². The molecule has 6 heteroatoms. The third-order valence-corrected chi connectivity index (χ3v) is 6.05. The second-order valence-electron chi connectivity index (χ2n) is 7.10. The zero-order valence-electron chi connectivity index (χ0n) is 16.0. The smallest absolute Gasteiger partial charge is 0.277 e. The Bertz CT molecular complexity index is 985. The first kappa shape index (κ1) is 18.7. The molecule has 0 spiro atoms. The van der Waals surface area contributed by atoms with E-state index in [-0.39, 0.29) is 17.2 Å². The van der Waals surface area contributed by atoms with Crippen molar-refractivity contribution < 1.29 is 9.21 Å². The van der Waals surface area contributed by atoms with Crippen LogP contribution in [0, 0.1) is 6.92 Å². The van der Waals surface area contributed by atoms with Crippen LogP contribution in [0.25, 0.3) is 11.5 Å². The van der Waals surface area contributed by atoms with Crippen LogP contribution in [0.5, 0.6) is 0 Å². The summed E-state index contributed by atoms with van der Waals surface area (Å²) >= 11 is 1.29. The highest BCUT2D eigenvalue weighted by atomic mass is 32.2. The SMILES string of the molecule is Cc1ccccc1-c1nnc(S[C@H](C)C(=O)N[C@@H]2CCCc3ccccc32)o1. The Morgan fingerprint density at radius 3 is 2.82 bits per heavy atom. The van der Waals surface area contributed by atoms with Gasteiger partial charge in [0.15, 0.2) is 0 Å². The molecule has 0 saturated carbocycles. The molecule has 1 aromatic heterocycles. The summed E-state index contributed by atoms with van der Waals surface area (Å²) in [6, 6.07) is 16.3. The minimum Gasteiger partial charge on any atom is -0.411 e. The van der Waals surface area contributed by atoms with E-state index in [2.05, 4.69) is 33.7 Å². The van der Waals surface area contributed by atoms with Gasteiger partial charge in [-0.15, -0.1) is 10.2 Å². The van der Waals surface area contributed by atoms with Crippen molar-refractivity contribution in [2.75, 3.05) is 0 Å². The number of nitrogens with zero attached hydrogens (tertiary/aromatic N) is 2. The molecule has 5 nitrogen and oxygen atoms in total. The second-order valence-corrected chi connectivity index (χ2v) is 8.39. The lowest BCUT2D eigenvalue weighted by molar-refractivity contribution is -0.121. The summed E-state index contributed by atoms with van der Waals surface area (Å²) in [5.74, 6) is 0.469. The van der Waals surface area contributed by atoms with E-state index in [1.807, 2.05) is 44.2 Å². The number of rotatable bonds is 5. The zero-order valence-corrected chi connectivity index (χ0v) is 16.8. The maximum atomic E-state index is 12.7. The van der Waals surface area contributed by atoms with Crippen molar-refractivity contribution in [1.82, 2.24) is 15.5 Å².